The van der Waals surface area contributed by atoms with Crippen LogP contribution in [0.15, 0.2) is 24.3 Å². The molecule has 72 valence electrons. The predicted molar refractivity (Wildman–Crippen MR) is 55.1 cm³/mol. The lowest BCUT2D eigenvalue weighted by Gasteiger charge is -2.07. The Kier molecular flexibility index (Phi) is 3.49. The van der Waals surface area contributed by atoms with Crippen molar-refractivity contribution in [3.63, 3.8) is 0 Å². The maximum absolute atomic E-state index is 11.2. The number of rotatable bonds is 2. The molecule has 0 aromatic heterocycles. The number of hydrogen-bond acceptors (Lipinski definition) is 2. The molecule has 3 nitrogen and oxygen atoms in total. The number of alkyl halides is 1. The second-order valence-electron chi connectivity index (χ2n) is 2.76. The van der Waals surface area contributed by atoms with Gasteiger partial charge in [0.2, 0.25) is 5.91 Å². The largest absolute Gasteiger partial charge is 0.324 e. The molecule has 0 aliphatic rings. The first-order chi connectivity index (χ1) is 6.65. The first kappa shape index (κ1) is 10.6. The number of anilines is 1. The number of amides is 1. The van der Waals surface area contributed by atoms with Crippen molar-refractivity contribution < 1.29 is 4.79 Å². The first-order valence-electron chi connectivity index (χ1n) is 4.09. The van der Waals surface area contributed by atoms with Crippen molar-refractivity contribution >= 4 is 23.2 Å². The third-order valence-electron chi connectivity index (χ3n) is 1.67. The van der Waals surface area contributed by atoms with Gasteiger partial charge in [0.25, 0.3) is 0 Å². The molecular weight excluding hydrogens is 200 g/mol. The molecular formula is C10H9ClN2O. The van der Waals surface area contributed by atoms with Crippen LogP contribution in [0, 0.1) is 11.3 Å². The molecule has 0 saturated carbocycles. The molecule has 0 saturated heterocycles. The predicted octanol–water partition coefficient (Wildman–Crippen LogP) is 2.12. The van der Waals surface area contributed by atoms with Crippen molar-refractivity contribution in [3.05, 3.63) is 29.8 Å². The van der Waals surface area contributed by atoms with Crippen LogP contribution in [0.4, 0.5) is 5.69 Å². The number of nitrogens with one attached hydrogen (secondary N) is 1. The topological polar surface area (TPSA) is 52.9 Å². The molecule has 0 heterocycles. The Hall–Kier alpha value is -1.53. The molecule has 1 amide bonds. The lowest BCUT2D eigenvalue weighted by molar-refractivity contribution is -0.115. The maximum Gasteiger partial charge on any atom is 0.242 e. The summed E-state index contributed by atoms with van der Waals surface area (Å²) < 4.78 is 0. The molecule has 1 N–H and O–H groups in total. The molecule has 14 heavy (non-hydrogen) atoms. The second-order valence-corrected chi connectivity index (χ2v) is 3.42. The fourth-order valence-corrected chi connectivity index (χ4v) is 0.976. The summed E-state index contributed by atoms with van der Waals surface area (Å²) in [4.78, 5) is 11.2. The summed E-state index contributed by atoms with van der Waals surface area (Å²) in [6.45, 7) is 1.58. The molecule has 0 aliphatic carbocycles. The first-order valence-corrected chi connectivity index (χ1v) is 4.53. The highest BCUT2D eigenvalue weighted by Crippen LogP contribution is 2.14. The molecule has 4 heteroatoms. The van der Waals surface area contributed by atoms with Crippen LogP contribution in [0.25, 0.3) is 0 Å². The highest BCUT2D eigenvalue weighted by Gasteiger charge is 2.10. The number of benzene rings is 1. The van der Waals surface area contributed by atoms with Gasteiger partial charge in [0.15, 0.2) is 0 Å². The second kappa shape index (κ2) is 4.64. The third-order valence-corrected chi connectivity index (χ3v) is 1.86. The lowest BCUT2D eigenvalue weighted by atomic mass is 10.2. The van der Waals surface area contributed by atoms with E-state index in [2.05, 4.69) is 5.32 Å². The number of para-hydroxylation sites is 1. The molecule has 1 aromatic rings. The van der Waals surface area contributed by atoms with E-state index in [0.29, 0.717) is 11.3 Å². The van der Waals surface area contributed by atoms with Gasteiger partial charge in [0, 0.05) is 0 Å². The van der Waals surface area contributed by atoms with E-state index in [1.807, 2.05) is 6.07 Å². The van der Waals surface area contributed by atoms with Crippen LogP contribution in [0.1, 0.15) is 12.5 Å². The van der Waals surface area contributed by atoms with Gasteiger partial charge >= 0.3 is 0 Å². The Bertz CT molecular complexity index is 382. The minimum Gasteiger partial charge on any atom is -0.324 e. The van der Waals surface area contributed by atoms with Gasteiger partial charge in [-0.15, -0.1) is 11.6 Å². The number of carbonyl (C=O) groups excluding carboxylic acids is 1. The Morgan fingerprint density at radius 1 is 1.57 bits per heavy atom. The van der Waals surface area contributed by atoms with E-state index in [9.17, 15) is 4.79 Å². The van der Waals surface area contributed by atoms with Crippen molar-refractivity contribution in [1.29, 1.82) is 5.26 Å². The zero-order valence-electron chi connectivity index (χ0n) is 7.62. The molecule has 0 radical (unpaired) electrons. The molecule has 0 fully saturated rings. The highest BCUT2D eigenvalue weighted by molar-refractivity contribution is 6.32. The summed E-state index contributed by atoms with van der Waals surface area (Å²) >= 11 is 5.58. The van der Waals surface area contributed by atoms with Gasteiger partial charge in [0.05, 0.1) is 11.3 Å². The molecule has 1 rings (SSSR count). The van der Waals surface area contributed by atoms with Gasteiger partial charge in [-0.25, -0.2) is 0 Å². The van der Waals surface area contributed by atoms with Gasteiger partial charge in [0.1, 0.15) is 11.4 Å². The zero-order valence-corrected chi connectivity index (χ0v) is 8.38. The van der Waals surface area contributed by atoms with E-state index >= 15 is 0 Å². The molecule has 1 aromatic carbocycles. The Labute approximate surface area is 87.3 Å². The molecule has 0 aliphatic heterocycles. The fourth-order valence-electron chi connectivity index (χ4n) is 0.922. The number of hydrogen-bond donors (Lipinski definition) is 1. The van der Waals surface area contributed by atoms with Crippen molar-refractivity contribution in [2.24, 2.45) is 0 Å². The molecule has 0 bridgehead atoms. The number of carbonyl (C=O) groups is 1. The summed E-state index contributed by atoms with van der Waals surface area (Å²) in [5, 5.41) is 10.7. The summed E-state index contributed by atoms with van der Waals surface area (Å²) in [5.74, 6) is -0.311. The highest BCUT2D eigenvalue weighted by atomic mass is 35.5. The van der Waals surface area contributed by atoms with E-state index in [0.717, 1.165) is 0 Å². The average molecular weight is 209 g/mol. The molecule has 0 unspecified atom stereocenters. The van der Waals surface area contributed by atoms with Crippen LogP contribution >= 0.6 is 11.6 Å². The van der Waals surface area contributed by atoms with Gasteiger partial charge in [-0.1, -0.05) is 12.1 Å². The molecule has 1 atom stereocenters. The smallest absolute Gasteiger partial charge is 0.242 e. The SMILES string of the molecule is C[C@@H](Cl)C(=O)Nc1ccccc1C#N. The summed E-state index contributed by atoms with van der Waals surface area (Å²) in [7, 11) is 0. The summed E-state index contributed by atoms with van der Waals surface area (Å²) in [6, 6.07) is 8.76. The van der Waals surface area contributed by atoms with Crippen LogP contribution in [0.2, 0.25) is 0 Å². The van der Waals surface area contributed by atoms with E-state index < -0.39 is 5.38 Å². The van der Waals surface area contributed by atoms with E-state index in [1.165, 1.54) is 0 Å². The van der Waals surface area contributed by atoms with E-state index in [1.54, 1.807) is 31.2 Å². The van der Waals surface area contributed by atoms with Gasteiger partial charge in [-0.2, -0.15) is 5.26 Å². The quantitative estimate of drug-likeness (QED) is 0.757. The monoisotopic (exact) mass is 208 g/mol. The normalized spacial score (nSPS) is 11.5. The minimum atomic E-state index is -0.609. The Morgan fingerprint density at radius 2 is 2.21 bits per heavy atom. The number of halogens is 1. The minimum absolute atomic E-state index is 0.311. The van der Waals surface area contributed by atoms with E-state index in [-0.39, 0.29) is 5.91 Å². The van der Waals surface area contributed by atoms with Crippen molar-refractivity contribution in [2.45, 2.75) is 12.3 Å². The maximum atomic E-state index is 11.2. The van der Waals surface area contributed by atoms with Gasteiger partial charge in [-0.3, -0.25) is 4.79 Å². The Balaban J connectivity index is 2.87. The van der Waals surface area contributed by atoms with Crippen LogP contribution in [-0.2, 0) is 4.79 Å². The lowest BCUT2D eigenvalue weighted by Crippen LogP contribution is -2.20. The van der Waals surface area contributed by atoms with Crippen molar-refractivity contribution in [1.82, 2.24) is 0 Å². The summed E-state index contributed by atoms with van der Waals surface area (Å²) in [6.07, 6.45) is 0. The number of nitrogens with zero attached hydrogens (tertiary/aromatic N) is 1. The Morgan fingerprint density at radius 3 is 2.79 bits per heavy atom. The fraction of sp³-hybridized carbons (Fsp3) is 0.200. The summed E-state index contributed by atoms with van der Waals surface area (Å²) in [5.41, 5.74) is 0.922. The van der Waals surface area contributed by atoms with Crippen molar-refractivity contribution in [2.75, 3.05) is 5.32 Å². The van der Waals surface area contributed by atoms with Crippen molar-refractivity contribution in [3.8, 4) is 6.07 Å². The zero-order chi connectivity index (χ0) is 10.6. The van der Waals surface area contributed by atoms with Gasteiger partial charge < -0.3 is 5.32 Å². The average Bonchev–Trinajstić information content (AvgIpc) is 2.18. The van der Waals surface area contributed by atoms with Gasteiger partial charge in [-0.05, 0) is 19.1 Å². The van der Waals surface area contributed by atoms with E-state index in [4.69, 9.17) is 16.9 Å². The van der Waals surface area contributed by atoms with Crippen LogP contribution in [0.3, 0.4) is 0 Å². The third kappa shape index (κ3) is 2.48. The van der Waals surface area contributed by atoms with Crippen LogP contribution < -0.4 is 5.32 Å². The van der Waals surface area contributed by atoms with Crippen LogP contribution in [-0.4, -0.2) is 11.3 Å². The standard InChI is InChI=1S/C10H9ClN2O/c1-7(11)10(14)13-9-5-3-2-4-8(9)6-12/h2-5,7H,1H3,(H,13,14)/t7-/m1/s1. The number of nitriles is 1. The molecule has 0 spiro atoms. The van der Waals surface area contributed by atoms with Crippen LogP contribution in [0.5, 0.6) is 0 Å².